The third-order valence-corrected chi connectivity index (χ3v) is 2.87. The Hall–Kier alpha value is -1.88. The van der Waals surface area contributed by atoms with Gasteiger partial charge in [-0.25, -0.2) is 4.79 Å². The minimum atomic E-state index is -4.56. The predicted molar refractivity (Wildman–Crippen MR) is 65.6 cm³/mol. The molecule has 0 radical (unpaired) electrons. The SMILES string of the molecule is CCOC(=O)c1cc(C#N)c(OC)c(SC(F)(F)F)c1. The Morgan fingerprint density at radius 3 is 2.55 bits per heavy atom. The molecule has 0 bridgehead atoms. The minimum absolute atomic E-state index is 0.0779. The molecule has 0 aromatic heterocycles. The molecule has 0 aliphatic carbocycles. The van der Waals surface area contributed by atoms with Crippen molar-refractivity contribution in [1.29, 1.82) is 5.26 Å². The second-order valence-corrected chi connectivity index (χ2v) is 4.54. The number of nitrogens with zero attached hydrogens (tertiary/aromatic N) is 1. The number of hydrogen-bond acceptors (Lipinski definition) is 5. The van der Waals surface area contributed by atoms with Gasteiger partial charge in [0.25, 0.3) is 0 Å². The van der Waals surface area contributed by atoms with Gasteiger partial charge in [-0.3, -0.25) is 0 Å². The Balaban J connectivity index is 3.35. The van der Waals surface area contributed by atoms with E-state index in [0.29, 0.717) is 0 Å². The molecule has 0 saturated carbocycles. The predicted octanol–water partition coefficient (Wildman–Crippen LogP) is 3.36. The highest BCUT2D eigenvalue weighted by atomic mass is 32.2. The van der Waals surface area contributed by atoms with Crippen LogP contribution >= 0.6 is 11.8 Å². The van der Waals surface area contributed by atoms with Crippen LogP contribution in [-0.2, 0) is 4.74 Å². The van der Waals surface area contributed by atoms with E-state index in [0.717, 1.165) is 19.2 Å². The first-order valence-corrected chi connectivity index (χ1v) is 6.19. The van der Waals surface area contributed by atoms with Gasteiger partial charge in [-0.1, -0.05) is 0 Å². The lowest BCUT2D eigenvalue weighted by Crippen LogP contribution is -2.07. The van der Waals surface area contributed by atoms with E-state index in [1.54, 1.807) is 13.0 Å². The molecule has 0 aliphatic rings. The number of benzene rings is 1. The first-order chi connectivity index (χ1) is 9.32. The van der Waals surface area contributed by atoms with Crippen molar-refractivity contribution in [3.05, 3.63) is 23.3 Å². The summed E-state index contributed by atoms with van der Waals surface area (Å²) in [6, 6.07) is 3.83. The minimum Gasteiger partial charge on any atom is -0.494 e. The number of esters is 1. The number of carbonyl (C=O) groups is 1. The number of carbonyl (C=O) groups excluding carboxylic acids is 1. The highest BCUT2D eigenvalue weighted by Gasteiger charge is 2.32. The van der Waals surface area contributed by atoms with Crippen LogP contribution < -0.4 is 4.74 Å². The summed E-state index contributed by atoms with van der Waals surface area (Å²) in [4.78, 5) is 11.2. The van der Waals surface area contributed by atoms with E-state index >= 15 is 0 Å². The van der Waals surface area contributed by atoms with E-state index in [1.165, 1.54) is 0 Å². The van der Waals surface area contributed by atoms with Gasteiger partial charge in [0.1, 0.15) is 6.07 Å². The van der Waals surface area contributed by atoms with Gasteiger partial charge in [0.2, 0.25) is 0 Å². The fourth-order valence-electron chi connectivity index (χ4n) is 1.43. The average Bonchev–Trinajstić information content (AvgIpc) is 2.36. The van der Waals surface area contributed by atoms with E-state index < -0.39 is 23.2 Å². The number of hydrogen-bond donors (Lipinski definition) is 0. The summed E-state index contributed by atoms with van der Waals surface area (Å²) in [5, 5.41) is 8.94. The number of nitriles is 1. The third-order valence-electron chi connectivity index (χ3n) is 2.12. The molecule has 0 spiro atoms. The van der Waals surface area contributed by atoms with Gasteiger partial charge < -0.3 is 9.47 Å². The lowest BCUT2D eigenvalue weighted by molar-refractivity contribution is -0.0329. The smallest absolute Gasteiger partial charge is 0.446 e. The van der Waals surface area contributed by atoms with Crippen LogP contribution in [-0.4, -0.2) is 25.2 Å². The maximum absolute atomic E-state index is 12.5. The molecule has 0 amide bonds. The largest absolute Gasteiger partial charge is 0.494 e. The van der Waals surface area contributed by atoms with Gasteiger partial charge in [0, 0.05) is 0 Å². The Kier molecular flexibility index (Phi) is 5.27. The second kappa shape index (κ2) is 6.52. The van der Waals surface area contributed by atoms with Crippen molar-refractivity contribution in [3.8, 4) is 11.8 Å². The van der Waals surface area contributed by atoms with E-state index in [2.05, 4.69) is 0 Å². The topological polar surface area (TPSA) is 59.3 Å². The van der Waals surface area contributed by atoms with Gasteiger partial charge in [0.05, 0.1) is 29.7 Å². The monoisotopic (exact) mass is 305 g/mol. The second-order valence-electron chi connectivity index (χ2n) is 3.44. The number of halogens is 3. The standard InChI is InChI=1S/C12H10F3NO3S/c1-3-19-11(17)7-4-8(6-16)10(18-2)9(5-7)20-12(13,14)15/h4-5H,3H2,1-2H3. The molecule has 1 aromatic carbocycles. The molecule has 0 aliphatic heterocycles. The molecule has 1 aromatic rings. The molecular formula is C12H10F3NO3S. The highest BCUT2D eigenvalue weighted by Crippen LogP contribution is 2.43. The van der Waals surface area contributed by atoms with Gasteiger partial charge >= 0.3 is 11.5 Å². The molecular weight excluding hydrogens is 295 g/mol. The first kappa shape index (κ1) is 16.2. The van der Waals surface area contributed by atoms with Gasteiger partial charge in [-0.15, -0.1) is 0 Å². The molecule has 20 heavy (non-hydrogen) atoms. The maximum atomic E-state index is 12.5. The van der Waals surface area contributed by atoms with Crippen molar-refractivity contribution in [2.45, 2.75) is 17.3 Å². The fraction of sp³-hybridized carbons (Fsp3) is 0.333. The number of thioether (sulfide) groups is 1. The molecule has 0 atom stereocenters. The molecule has 0 saturated heterocycles. The Morgan fingerprint density at radius 2 is 2.10 bits per heavy atom. The highest BCUT2D eigenvalue weighted by molar-refractivity contribution is 8.00. The first-order valence-electron chi connectivity index (χ1n) is 5.37. The van der Waals surface area contributed by atoms with Crippen LogP contribution in [0.4, 0.5) is 13.2 Å². The lowest BCUT2D eigenvalue weighted by Gasteiger charge is -2.13. The summed E-state index contributed by atoms with van der Waals surface area (Å²) in [6.07, 6.45) is 0. The van der Waals surface area contributed by atoms with E-state index in [4.69, 9.17) is 14.7 Å². The number of rotatable bonds is 4. The normalized spacial score (nSPS) is 10.8. The zero-order valence-corrected chi connectivity index (χ0v) is 11.4. The van der Waals surface area contributed by atoms with Crippen LogP contribution in [0.3, 0.4) is 0 Å². The molecule has 0 heterocycles. The van der Waals surface area contributed by atoms with Crippen molar-refractivity contribution in [3.63, 3.8) is 0 Å². The summed E-state index contributed by atoms with van der Waals surface area (Å²) in [7, 11) is 1.15. The van der Waals surface area contributed by atoms with Crippen LogP contribution in [0.25, 0.3) is 0 Å². The van der Waals surface area contributed by atoms with Crippen LogP contribution in [0.1, 0.15) is 22.8 Å². The fourth-order valence-corrected chi connectivity index (χ4v) is 2.15. The summed E-state index contributed by atoms with van der Waals surface area (Å²) in [5.74, 6) is -1.02. The summed E-state index contributed by atoms with van der Waals surface area (Å²) in [5.41, 5.74) is -4.85. The maximum Gasteiger partial charge on any atom is 0.446 e. The van der Waals surface area contributed by atoms with Crippen molar-refractivity contribution in [1.82, 2.24) is 0 Å². The summed E-state index contributed by atoms with van der Waals surface area (Å²) >= 11 is -0.453. The zero-order chi connectivity index (χ0) is 15.3. The molecule has 0 N–H and O–H groups in total. The Morgan fingerprint density at radius 1 is 1.45 bits per heavy atom. The molecule has 0 unspecified atom stereocenters. The van der Waals surface area contributed by atoms with E-state index in [-0.39, 0.29) is 28.4 Å². The van der Waals surface area contributed by atoms with E-state index in [9.17, 15) is 18.0 Å². The van der Waals surface area contributed by atoms with E-state index in [1.807, 2.05) is 0 Å². The molecule has 108 valence electrons. The molecule has 0 fully saturated rings. The lowest BCUT2D eigenvalue weighted by atomic mass is 10.1. The number of alkyl halides is 3. The summed E-state index contributed by atoms with van der Waals surface area (Å²) in [6.45, 7) is 1.65. The van der Waals surface area contributed by atoms with Crippen molar-refractivity contribution in [2.24, 2.45) is 0 Å². The Bertz CT molecular complexity index is 552. The van der Waals surface area contributed by atoms with Crippen LogP contribution in [0, 0.1) is 11.3 Å². The van der Waals surface area contributed by atoms with Crippen LogP contribution in [0.2, 0.25) is 0 Å². The average molecular weight is 305 g/mol. The number of ether oxygens (including phenoxy) is 2. The van der Waals surface area contributed by atoms with Crippen molar-refractivity contribution in [2.75, 3.05) is 13.7 Å². The van der Waals surface area contributed by atoms with Crippen LogP contribution in [0.15, 0.2) is 17.0 Å². The van der Waals surface area contributed by atoms with Crippen molar-refractivity contribution >= 4 is 17.7 Å². The van der Waals surface area contributed by atoms with Gasteiger partial charge in [-0.2, -0.15) is 18.4 Å². The quantitative estimate of drug-likeness (QED) is 0.630. The summed E-state index contributed by atoms with van der Waals surface area (Å²) < 4.78 is 47.0. The number of methoxy groups -OCH3 is 1. The molecule has 1 rings (SSSR count). The zero-order valence-electron chi connectivity index (χ0n) is 10.6. The molecule has 8 heteroatoms. The van der Waals surface area contributed by atoms with Crippen LogP contribution in [0.5, 0.6) is 5.75 Å². The third kappa shape index (κ3) is 4.06. The molecule has 4 nitrogen and oxygen atoms in total. The van der Waals surface area contributed by atoms with Crippen molar-refractivity contribution < 1.29 is 27.4 Å². The van der Waals surface area contributed by atoms with Gasteiger partial charge in [-0.05, 0) is 30.8 Å². The Labute approximate surface area is 117 Å². The van der Waals surface area contributed by atoms with Gasteiger partial charge in [0.15, 0.2) is 5.75 Å².